The first-order valence-electron chi connectivity index (χ1n) is 10.6. The van der Waals surface area contributed by atoms with Gasteiger partial charge in [-0.2, -0.15) is 0 Å². The summed E-state index contributed by atoms with van der Waals surface area (Å²) in [6.07, 6.45) is 2.82. The number of nitrogens with zero attached hydrogens (tertiary/aromatic N) is 5. The fourth-order valence-electron chi connectivity index (χ4n) is 3.32. The topological polar surface area (TPSA) is 86.1 Å². The minimum absolute atomic E-state index is 0.0636. The Kier molecular flexibility index (Phi) is 8.41. The normalized spacial score (nSPS) is 17.0. The summed E-state index contributed by atoms with van der Waals surface area (Å²) in [6.45, 7) is 8.66. The van der Waals surface area contributed by atoms with Crippen molar-refractivity contribution in [3.8, 4) is 0 Å². The van der Waals surface area contributed by atoms with Crippen LogP contribution in [0.15, 0.2) is 53.8 Å². The van der Waals surface area contributed by atoms with Crippen molar-refractivity contribution in [3.63, 3.8) is 0 Å². The van der Waals surface area contributed by atoms with Crippen LogP contribution >= 0.6 is 0 Å². The average Bonchev–Trinajstić information content (AvgIpc) is 2.81. The Morgan fingerprint density at radius 3 is 2.50 bits per heavy atom. The molecule has 2 aromatic rings. The molecule has 0 bridgehead atoms. The minimum atomic E-state index is -0.649. The highest BCUT2D eigenvalue weighted by molar-refractivity contribution is 5.80. The molecule has 2 heterocycles. The highest BCUT2D eigenvalue weighted by atomic mass is 16.5. The van der Waals surface area contributed by atoms with Gasteiger partial charge in [0.1, 0.15) is 0 Å². The predicted molar refractivity (Wildman–Crippen MR) is 119 cm³/mol. The smallest absolute Gasteiger partial charge is 0.225 e. The Labute approximate surface area is 178 Å². The van der Waals surface area contributed by atoms with E-state index in [1.807, 2.05) is 50.2 Å². The third kappa shape index (κ3) is 6.40. The van der Waals surface area contributed by atoms with Gasteiger partial charge in [-0.05, 0) is 25.5 Å². The summed E-state index contributed by atoms with van der Waals surface area (Å²) in [7, 11) is 0. The van der Waals surface area contributed by atoms with Crippen molar-refractivity contribution >= 4 is 11.9 Å². The quantitative estimate of drug-likeness (QED) is 0.504. The van der Waals surface area contributed by atoms with Crippen molar-refractivity contribution in [2.24, 2.45) is 4.99 Å². The maximum absolute atomic E-state index is 10.3. The highest BCUT2D eigenvalue weighted by Gasteiger charge is 2.21. The molecule has 8 heteroatoms. The van der Waals surface area contributed by atoms with E-state index < -0.39 is 6.10 Å². The Morgan fingerprint density at radius 1 is 1.13 bits per heavy atom. The zero-order valence-electron chi connectivity index (χ0n) is 17.8. The molecule has 1 aliphatic rings. The number of piperazine rings is 1. The lowest BCUT2D eigenvalue weighted by molar-refractivity contribution is 0.00104. The molecule has 162 valence electrons. The van der Waals surface area contributed by atoms with Crippen LogP contribution in [0.2, 0.25) is 0 Å². The summed E-state index contributed by atoms with van der Waals surface area (Å²) in [5.74, 6) is 1.58. The number of hydrogen-bond acceptors (Lipinski definition) is 6. The molecule has 1 fully saturated rings. The Hall–Kier alpha value is -2.71. The Morgan fingerprint density at radius 2 is 1.83 bits per heavy atom. The van der Waals surface area contributed by atoms with Crippen LogP contribution in [0.5, 0.6) is 0 Å². The maximum Gasteiger partial charge on any atom is 0.225 e. The molecule has 1 aromatic heterocycles. The van der Waals surface area contributed by atoms with Crippen molar-refractivity contribution in [2.75, 3.05) is 50.8 Å². The number of aliphatic hydroxyl groups excluding tert-OH is 1. The van der Waals surface area contributed by atoms with E-state index in [1.165, 1.54) is 0 Å². The van der Waals surface area contributed by atoms with Crippen molar-refractivity contribution in [1.29, 1.82) is 0 Å². The van der Waals surface area contributed by atoms with Crippen LogP contribution in [0.4, 0.5) is 5.95 Å². The molecule has 1 saturated heterocycles. The van der Waals surface area contributed by atoms with Crippen molar-refractivity contribution in [2.45, 2.75) is 26.1 Å². The van der Waals surface area contributed by atoms with E-state index in [1.54, 1.807) is 12.4 Å². The third-order valence-electron chi connectivity index (χ3n) is 5.01. The first-order valence-corrected chi connectivity index (χ1v) is 10.6. The number of nitrogens with one attached hydrogen (secondary N) is 1. The summed E-state index contributed by atoms with van der Waals surface area (Å²) in [5, 5.41) is 13.7. The number of benzene rings is 1. The van der Waals surface area contributed by atoms with Crippen LogP contribution in [0.3, 0.4) is 0 Å². The summed E-state index contributed by atoms with van der Waals surface area (Å²) < 4.78 is 5.82. The van der Waals surface area contributed by atoms with Crippen molar-refractivity contribution < 1.29 is 9.84 Å². The lowest BCUT2D eigenvalue weighted by Gasteiger charge is -2.36. The minimum Gasteiger partial charge on any atom is -0.389 e. The lowest BCUT2D eigenvalue weighted by Crippen LogP contribution is -2.53. The van der Waals surface area contributed by atoms with Gasteiger partial charge in [0.25, 0.3) is 0 Å². The first kappa shape index (κ1) is 22.0. The number of aliphatic hydroxyl groups is 1. The SMILES string of the molecule is CCNC(=NCC(O)COC(C)c1ccccc1)N1CCN(c2ncccn2)CC1. The molecule has 0 amide bonds. The third-order valence-corrected chi connectivity index (χ3v) is 5.01. The summed E-state index contributed by atoms with van der Waals surface area (Å²) in [4.78, 5) is 17.7. The first-order chi connectivity index (χ1) is 14.7. The molecule has 3 rings (SSSR count). The Bertz CT molecular complexity index is 766. The number of anilines is 1. The monoisotopic (exact) mass is 412 g/mol. The fraction of sp³-hybridized carbons (Fsp3) is 0.500. The van der Waals surface area contributed by atoms with E-state index in [0.29, 0.717) is 6.54 Å². The number of guanidine groups is 1. The summed E-state index contributed by atoms with van der Waals surface area (Å²) >= 11 is 0. The summed E-state index contributed by atoms with van der Waals surface area (Å²) in [6, 6.07) is 11.8. The van der Waals surface area contributed by atoms with Gasteiger partial charge < -0.3 is 25.0 Å². The molecule has 1 aliphatic heterocycles. The molecule has 30 heavy (non-hydrogen) atoms. The van der Waals surface area contributed by atoms with E-state index in [2.05, 4.69) is 30.1 Å². The van der Waals surface area contributed by atoms with Crippen LogP contribution in [0, 0.1) is 0 Å². The second-order valence-electron chi connectivity index (χ2n) is 7.26. The fourth-order valence-corrected chi connectivity index (χ4v) is 3.32. The van der Waals surface area contributed by atoms with E-state index in [-0.39, 0.29) is 12.7 Å². The van der Waals surface area contributed by atoms with Gasteiger partial charge >= 0.3 is 0 Å². The van der Waals surface area contributed by atoms with Gasteiger partial charge in [0.05, 0.1) is 25.4 Å². The largest absolute Gasteiger partial charge is 0.389 e. The van der Waals surface area contributed by atoms with Crippen LogP contribution in [0.1, 0.15) is 25.5 Å². The number of aromatic nitrogens is 2. The Balaban J connectivity index is 1.48. The number of rotatable bonds is 8. The molecule has 8 nitrogen and oxygen atoms in total. The summed E-state index contributed by atoms with van der Waals surface area (Å²) in [5.41, 5.74) is 1.10. The van der Waals surface area contributed by atoms with Crippen LogP contribution in [-0.2, 0) is 4.74 Å². The molecular weight excluding hydrogens is 380 g/mol. The average molecular weight is 413 g/mol. The van der Waals surface area contributed by atoms with Gasteiger partial charge in [0, 0.05) is 45.1 Å². The molecule has 2 atom stereocenters. The van der Waals surface area contributed by atoms with Crippen molar-refractivity contribution in [1.82, 2.24) is 20.2 Å². The van der Waals surface area contributed by atoms with Gasteiger partial charge in [-0.3, -0.25) is 4.99 Å². The van der Waals surface area contributed by atoms with Gasteiger partial charge in [0.15, 0.2) is 5.96 Å². The molecule has 0 saturated carbocycles. The molecular formula is C22H32N6O2. The van der Waals surface area contributed by atoms with E-state index in [9.17, 15) is 5.11 Å². The molecule has 2 unspecified atom stereocenters. The van der Waals surface area contributed by atoms with Gasteiger partial charge in [-0.15, -0.1) is 0 Å². The van der Waals surface area contributed by atoms with Gasteiger partial charge in [0.2, 0.25) is 5.95 Å². The molecule has 2 N–H and O–H groups in total. The molecule has 0 radical (unpaired) electrons. The highest BCUT2D eigenvalue weighted by Crippen LogP contribution is 2.16. The lowest BCUT2D eigenvalue weighted by atomic mass is 10.1. The zero-order valence-corrected chi connectivity index (χ0v) is 17.8. The maximum atomic E-state index is 10.3. The second kappa shape index (κ2) is 11.5. The van der Waals surface area contributed by atoms with Crippen LogP contribution < -0.4 is 10.2 Å². The van der Waals surface area contributed by atoms with Gasteiger partial charge in [-0.1, -0.05) is 30.3 Å². The van der Waals surface area contributed by atoms with Crippen LogP contribution in [0.25, 0.3) is 0 Å². The molecule has 0 aliphatic carbocycles. The van der Waals surface area contributed by atoms with E-state index >= 15 is 0 Å². The number of aliphatic imine (C=N–C) groups is 1. The van der Waals surface area contributed by atoms with Gasteiger partial charge in [-0.25, -0.2) is 9.97 Å². The molecule has 0 spiro atoms. The number of ether oxygens (including phenoxy) is 1. The van der Waals surface area contributed by atoms with Crippen molar-refractivity contribution in [3.05, 3.63) is 54.4 Å². The van der Waals surface area contributed by atoms with E-state index in [0.717, 1.165) is 50.2 Å². The van der Waals surface area contributed by atoms with E-state index in [4.69, 9.17) is 4.74 Å². The molecule has 1 aromatic carbocycles. The zero-order chi connectivity index (χ0) is 21.2. The number of hydrogen-bond donors (Lipinski definition) is 2. The predicted octanol–water partition coefficient (Wildman–Crippen LogP) is 1.70. The second-order valence-corrected chi connectivity index (χ2v) is 7.26. The van der Waals surface area contributed by atoms with Crippen LogP contribution in [-0.4, -0.2) is 77.9 Å². The standard InChI is InChI=1S/C22H32N6O2/c1-3-23-21(27-12-14-28(15-13-27)22-24-10-7-11-25-22)26-16-20(29)17-30-18(2)19-8-5-4-6-9-19/h4-11,18,20,29H,3,12-17H2,1-2H3,(H,23,26).